The van der Waals surface area contributed by atoms with Gasteiger partial charge in [-0.25, -0.2) is 0 Å². The van der Waals surface area contributed by atoms with Crippen molar-refractivity contribution in [1.82, 2.24) is 4.98 Å². The minimum absolute atomic E-state index is 0.453. The Hall–Kier alpha value is -1.15. The van der Waals surface area contributed by atoms with E-state index in [-0.39, 0.29) is 0 Å². The second kappa shape index (κ2) is 5.49. The van der Waals surface area contributed by atoms with Crippen molar-refractivity contribution in [3.8, 4) is 0 Å². The summed E-state index contributed by atoms with van der Waals surface area (Å²) >= 11 is 5.50. The number of halogens is 1. The Morgan fingerprint density at radius 1 is 1.46 bits per heavy atom. The van der Waals surface area contributed by atoms with E-state index in [9.17, 15) is 4.79 Å². The number of hydrogen-bond donors (Lipinski definition) is 0. The molecular formula is C10H10ClNO. The molecule has 0 aromatic carbocycles. The average molecular weight is 196 g/mol. The summed E-state index contributed by atoms with van der Waals surface area (Å²) in [5, 5.41) is 0. The number of aromatic nitrogens is 1. The van der Waals surface area contributed by atoms with Gasteiger partial charge in [0.25, 0.3) is 0 Å². The van der Waals surface area contributed by atoms with E-state index >= 15 is 0 Å². The average Bonchev–Trinajstić information content (AvgIpc) is 2.19. The summed E-state index contributed by atoms with van der Waals surface area (Å²) in [4.78, 5) is 14.2. The summed E-state index contributed by atoms with van der Waals surface area (Å²) in [7, 11) is 0. The smallest absolute Gasteiger partial charge is 0.168 e. The second-order valence-electron chi connectivity index (χ2n) is 2.51. The van der Waals surface area contributed by atoms with E-state index in [1.165, 1.54) is 0 Å². The Kier molecular flexibility index (Phi) is 4.19. The van der Waals surface area contributed by atoms with Crippen molar-refractivity contribution in [3.05, 3.63) is 35.7 Å². The molecule has 68 valence electrons. The van der Waals surface area contributed by atoms with Crippen LogP contribution in [0.15, 0.2) is 24.4 Å². The number of carbonyl (C=O) groups excluding carboxylic acids is 1. The lowest BCUT2D eigenvalue weighted by atomic mass is 10.2. The van der Waals surface area contributed by atoms with Gasteiger partial charge in [-0.2, -0.15) is 0 Å². The lowest BCUT2D eigenvalue weighted by Gasteiger charge is -1.92. The summed E-state index contributed by atoms with van der Waals surface area (Å²) in [5.74, 6) is 0.621. The number of hydrogen-bond acceptors (Lipinski definition) is 2. The van der Waals surface area contributed by atoms with Crippen LogP contribution in [0.1, 0.15) is 22.5 Å². The first-order valence-corrected chi connectivity index (χ1v) is 4.54. The van der Waals surface area contributed by atoms with Crippen LogP contribution in [-0.2, 0) is 0 Å². The molecule has 1 rings (SSSR count). The molecule has 0 aliphatic heterocycles. The van der Waals surface area contributed by atoms with Crippen molar-refractivity contribution >= 4 is 24.0 Å². The third-order valence-corrected chi connectivity index (χ3v) is 1.73. The summed E-state index contributed by atoms with van der Waals surface area (Å²) in [6.45, 7) is 0. The third kappa shape index (κ3) is 3.38. The molecule has 0 amide bonds. The van der Waals surface area contributed by atoms with Gasteiger partial charge in [-0.15, -0.1) is 11.6 Å². The van der Waals surface area contributed by atoms with Crippen LogP contribution in [0.5, 0.6) is 0 Å². The van der Waals surface area contributed by atoms with Crippen LogP contribution < -0.4 is 0 Å². The standard InChI is InChI=1S/C10H10ClNO/c11-6-2-1-3-9-4-5-10(8-13)12-7-9/h1,3-5,7-8H,2,6H2. The minimum Gasteiger partial charge on any atom is -0.296 e. The number of carbonyl (C=O) groups is 1. The second-order valence-corrected chi connectivity index (χ2v) is 2.89. The van der Waals surface area contributed by atoms with Gasteiger partial charge < -0.3 is 0 Å². The van der Waals surface area contributed by atoms with Gasteiger partial charge in [0.15, 0.2) is 6.29 Å². The molecule has 0 radical (unpaired) electrons. The molecule has 0 saturated carbocycles. The Labute approximate surface area is 82.3 Å². The normalized spacial score (nSPS) is 10.5. The molecule has 0 aliphatic carbocycles. The zero-order valence-electron chi connectivity index (χ0n) is 7.11. The highest BCUT2D eigenvalue weighted by molar-refractivity contribution is 6.17. The van der Waals surface area contributed by atoms with Crippen molar-refractivity contribution < 1.29 is 4.79 Å². The summed E-state index contributed by atoms with van der Waals surface area (Å²) in [6, 6.07) is 3.54. The van der Waals surface area contributed by atoms with Gasteiger partial charge in [-0.05, 0) is 18.1 Å². The van der Waals surface area contributed by atoms with Crippen molar-refractivity contribution in [2.75, 3.05) is 5.88 Å². The van der Waals surface area contributed by atoms with Gasteiger partial charge in [0, 0.05) is 12.1 Å². The topological polar surface area (TPSA) is 30.0 Å². The first-order chi connectivity index (χ1) is 6.36. The zero-order chi connectivity index (χ0) is 9.52. The monoisotopic (exact) mass is 195 g/mol. The molecule has 0 aliphatic rings. The molecule has 0 bridgehead atoms. The molecule has 0 unspecified atom stereocenters. The van der Waals surface area contributed by atoms with Gasteiger partial charge in [0.2, 0.25) is 0 Å². The summed E-state index contributed by atoms with van der Waals surface area (Å²) in [6.07, 6.45) is 7.15. The van der Waals surface area contributed by atoms with Crippen molar-refractivity contribution in [1.29, 1.82) is 0 Å². The van der Waals surface area contributed by atoms with Crippen LogP contribution in [0.25, 0.3) is 6.08 Å². The fourth-order valence-corrected chi connectivity index (χ4v) is 0.993. The largest absolute Gasteiger partial charge is 0.296 e. The molecule has 1 heterocycles. The van der Waals surface area contributed by atoms with E-state index in [4.69, 9.17) is 11.6 Å². The van der Waals surface area contributed by atoms with Gasteiger partial charge in [-0.3, -0.25) is 9.78 Å². The number of aldehydes is 1. The molecule has 13 heavy (non-hydrogen) atoms. The number of nitrogens with zero attached hydrogens (tertiary/aromatic N) is 1. The SMILES string of the molecule is O=Cc1ccc(C=CCCCl)cn1. The van der Waals surface area contributed by atoms with E-state index in [1.807, 2.05) is 18.2 Å². The number of pyridine rings is 1. The van der Waals surface area contributed by atoms with E-state index in [2.05, 4.69) is 4.98 Å². The predicted octanol–water partition coefficient (Wildman–Crippen LogP) is 2.54. The number of allylic oxidation sites excluding steroid dienone is 1. The van der Waals surface area contributed by atoms with Gasteiger partial charge in [0.05, 0.1) is 0 Å². The Morgan fingerprint density at radius 2 is 2.31 bits per heavy atom. The van der Waals surface area contributed by atoms with E-state index in [0.717, 1.165) is 18.3 Å². The molecule has 0 N–H and O–H groups in total. The molecule has 1 aromatic heterocycles. The van der Waals surface area contributed by atoms with Crippen LogP contribution >= 0.6 is 11.6 Å². The maximum Gasteiger partial charge on any atom is 0.168 e. The molecule has 2 nitrogen and oxygen atoms in total. The van der Waals surface area contributed by atoms with Crippen LogP contribution in [0.2, 0.25) is 0 Å². The van der Waals surface area contributed by atoms with E-state index in [1.54, 1.807) is 12.3 Å². The fraction of sp³-hybridized carbons (Fsp3) is 0.200. The quantitative estimate of drug-likeness (QED) is 0.546. The highest BCUT2D eigenvalue weighted by atomic mass is 35.5. The van der Waals surface area contributed by atoms with Crippen LogP contribution in [-0.4, -0.2) is 17.2 Å². The van der Waals surface area contributed by atoms with Crippen molar-refractivity contribution in [2.24, 2.45) is 0 Å². The highest BCUT2D eigenvalue weighted by Crippen LogP contribution is 2.02. The maximum atomic E-state index is 10.3. The Bertz CT molecular complexity index is 292. The molecule has 0 spiro atoms. The highest BCUT2D eigenvalue weighted by Gasteiger charge is 1.89. The van der Waals surface area contributed by atoms with Crippen LogP contribution in [0.3, 0.4) is 0 Å². The molecule has 0 fully saturated rings. The molecule has 0 atom stereocenters. The van der Waals surface area contributed by atoms with Crippen molar-refractivity contribution in [2.45, 2.75) is 6.42 Å². The molecule has 1 aromatic rings. The zero-order valence-corrected chi connectivity index (χ0v) is 7.87. The summed E-state index contributed by atoms with van der Waals surface area (Å²) in [5.41, 5.74) is 1.44. The lowest BCUT2D eigenvalue weighted by molar-refractivity contribution is 0.111. The first-order valence-electron chi connectivity index (χ1n) is 4.00. The number of rotatable bonds is 4. The lowest BCUT2D eigenvalue weighted by Crippen LogP contribution is -1.85. The Balaban J connectivity index is 2.63. The van der Waals surface area contributed by atoms with E-state index in [0.29, 0.717) is 11.6 Å². The van der Waals surface area contributed by atoms with Crippen LogP contribution in [0, 0.1) is 0 Å². The van der Waals surface area contributed by atoms with E-state index < -0.39 is 0 Å². The van der Waals surface area contributed by atoms with Crippen molar-refractivity contribution in [3.63, 3.8) is 0 Å². The summed E-state index contributed by atoms with van der Waals surface area (Å²) < 4.78 is 0. The van der Waals surface area contributed by atoms with Gasteiger partial charge in [0.1, 0.15) is 5.69 Å². The molecule has 0 saturated heterocycles. The Morgan fingerprint density at radius 3 is 2.85 bits per heavy atom. The van der Waals surface area contributed by atoms with Gasteiger partial charge >= 0.3 is 0 Å². The van der Waals surface area contributed by atoms with Crippen LogP contribution in [0.4, 0.5) is 0 Å². The fourth-order valence-electron chi connectivity index (χ4n) is 0.867. The van der Waals surface area contributed by atoms with Gasteiger partial charge in [-0.1, -0.05) is 18.2 Å². The third-order valence-electron chi connectivity index (χ3n) is 1.52. The molecular weight excluding hydrogens is 186 g/mol. The maximum absolute atomic E-state index is 10.3. The molecule has 3 heteroatoms. The minimum atomic E-state index is 0.453. The first kappa shape index (κ1) is 9.93. The number of alkyl halides is 1. The predicted molar refractivity (Wildman–Crippen MR) is 54.0 cm³/mol.